The van der Waals surface area contributed by atoms with Crippen LogP contribution in [0.15, 0.2) is 24.3 Å². The third kappa shape index (κ3) is 6.47. The number of likely N-dealkylation sites (tertiary alicyclic amines) is 1. The van der Waals surface area contributed by atoms with Gasteiger partial charge in [0.25, 0.3) is 5.91 Å². The van der Waals surface area contributed by atoms with Gasteiger partial charge in [-0.05, 0) is 75.0 Å². The molecular formula is C24H32ClN5O2S. The number of nitrogens with one attached hydrogen (secondary N) is 2. The molecule has 0 bridgehead atoms. The Hall–Kier alpha value is -2.13. The van der Waals surface area contributed by atoms with E-state index in [-0.39, 0.29) is 6.03 Å². The van der Waals surface area contributed by atoms with Crippen molar-refractivity contribution in [1.82, 2.24) is 15.1 Å². The quantitative estimate of drug-likeness (QED) is 0.463. The maximum absolute atomic E-state index is 12.5. The number of nitrogens with two attached hydrogens (primary N) is 1. The number of thiophene rings is 1. The van der Waals surface area contributed by atoms with E-state index in [1.807, 2.05) is 24.3 Å². The summed E-state index contributed by atoms with van der Waals surface area (Å²) < 4.78 is 0. The number of amides is 3. The standard InChI is InChI=1S/C24H32ClN5O2S/c25-18-7-5-17(6-8-18)15-30-14-9-19-20(16-30)33-23(21(19)22(26)31)28-24(32)27-10-1-2-11-29-12-3-4-13-29/h5-8H,1-4,9-16H2,(H2,26,31)(H2,27,28,32). The van der Waals surface area contributed by atoms with Gasteiger partial charge in [-0.15, -0.1) is 11.3 Å². The van der Waals surface area contributed by atoms with E-state index in [1.54, 1.807) is 0 Å². The molecule has 178 valence electrons. The monoisotopic (exact) mass is 489 g/mol. The molecular weight excluding hydrogens is 458 g/mol. The lowest BCUT2D eigenvalue weighted by molar-refractivity contribution is 0.0999. The fraction of sp³-hybridized carbons (Fsp3) is 0.500. The van der Waals surface area contributed by atoms with E-state index >= 15 is 0 Å². The summed E-state index contributed by atoms with van der Waals surface area (Å²) in [5.41, 5.74) is 8.32. The molecule has 3 heterocycles. The molecule has 4 rings (SSSR count). The third-order valence-electron chi connectivity index (χ3n) is 6.31. The van der Waals surface area contributed by atoms with Crippen molar-refractivity contribution in [3.8, 4) is 0 Å². The molecule has 1 aromatic heterocycles. The average Bonchev–Trinajstić information content (AvgIpc) is 3.42. The van der Waals surface area contributed by atoms with Gasteiger partial charge in [0.15, 0.2) is 0 Å². The van der Waals surface area contributed by atoms with Gasteiger partial charge >= 0.3 is 6.03 Å². The van der Waals surface area contributed by atoms with Gasteiger partial charge in [0.05, 0.1) is 5.56 Å². The molecule has 0 saturated carbocycles. The molecule has 33 heavy (non-hydrogen) atoms. The Morgan fingerprint density at radius 2 is 1.82 bits per heavy atom. The van der Waals surface area contributed by atoms with Crippen LogP contribution in [0.2, 0.25) is 5.02 Å². The summed E-state index contributed by atoms with van der Waals surface area (Å²) in [5.74, 6) is -0.487. The van der Waals surface area contributed by atoms with E-state index in [1.165, 1.54) is 42.8 Å². The first-order valence-electron chi connectivity index (χ1n) is 11.7. The van der Waals surface area contributed by atoms with E-state index < -0.39 is 5.91 Å². The number of rotatable bonds is 9. The lowest BCUT2D eigenvalue weighted by atomic mass is 10.0. The third-order valence-corrected chi connectivity index (χ3v) is 7.70. The molecule has 9 heteroatoms. The summed E-state index contributed by atoms with van der Waals surface area (Å²) >= 11 is 7.44. The number of nitrogens with zero attached hydrogens (tertiary/aromatic N) is 2. The minimum Gasteiger partial charge on any atom is -0.365 e. The number of primary amides is 1. The van der Waals surface area contributed by atoms with Crippen LogP contribution in [-0.4, -0.2) is 54.5 Å². The van der Waals surface area contributed by atoms with Gasteiger partial charge < -0.3 is 16.0 Å². The van der Waals surface area contributed by atoms with Gasteiger partial charge in [0.1, 0.15) is 5.00 Å². The summed E-state index contributed by atoms with van der Waals surface area (Å²) in [6.07, 6.45) is 5.34. The second kappa shape index (κ2) is 11.3. The van der Waals surface area contributed by atoms with Gasteiger partial charge in [-0.2, -0.15) is 0 Å². The number of halogens is 1. The fourth-order valence-corrected chi connectivity index (χ4v) is 6.02. The molecule has 1 saturated heterocycles. The number of unbranched alkanes of at least 4 members (excludes halogenated alkanes) is 1. The summed E-state index contributed by atoms with van der Waals surface area (Å²) in [6.45, 7) is 6.47. The zero-order chi connectivity index (χ0) is 23.2. The summed E-state index contributed by atoms with van der Waals surface area (Å²) in [7, 11) is 0. The molecule has 2 aromatic rings. The highest BCUT2D eigenvalue weighted by atomic mass is 35.5. The molecule has 0 radical (unpaired) electrons. The number of carbonyl (C=O) groups excluding carboxylic acids is 2. The van der Waals surface area contributed by atoms with Crippen molar-refractivity contribution >= 4 is 39.9 Å². The zero-order valence-corrected chi connectivity index (χ0v) is 20.4. The Morgan fingerprint density at radius 3 is 2.55 bits per heavy atom. The van der Waals surface area contributed by atoms with Crippen LogP contribution in [-0.2, 0) is 19.5 Å². The maximum Gasteiger partial charge on any atom is 0.319 e. The molecule has 2 aliphatic heterocycles. The second-order valence-electron chi connectivity index (χ2n) is 8.80. The molecule has 4 N–H and O–H groups in total. The van der Waals surface area contributed by atoms with Crippen LogP contribution >= 0.6 is 22.9 Å². The highest BCUT2D eigenvalue weighted by molar-refractivity contribution is 7.17. The Labute approximate surface area is 204 Å². The minimum absolute atomic E-state index is 0.282. The van der Waals surface area contributed by atoms with Gasteiger partial charge in [-0.25, -0.2) is 4.79 Å². The van der Waals surface area contributed by atoms with Crippen molar-refractivity contribution in [2.75, 3.05) is 38.0 Å². The van der Waals surface area contributed by atoms with E-state index in [0.717, 1.165) is 60.9 Å². The second-order valence-corrected chi connectivity index (χ2v) is 10.3. The zero-order valence-electron chi connectivity index (χ0n) is 18.9. The molecule has 3 amide bonds. The number of carbonyl (C=O) groups is 2. The molecule has 0 unspecified atom stereocenters. The largest absolute Gasteiger partial charge is 0.365 e. The van der Waals surface area contributed by atoms with E-state index in [4.69, 9.17) is 17.3 Å². The smallest absolute Gasteiger partial charge is 0.319 e. The van der Waals surface area contributed by atoms with Gasteiger partial charge in [0, 0.05) is 36.1 Å². The van der Waals surface area contributed by atoms with Crippen LogP contribution in [0.3, 0.4) is 0 Å². The molecule has 1 aromatic carbocycles. The summed E-state index contributed by atoms with van der Waals surface area (Å²) in [5, 5.41) is 7.07. The normalized spacial score (nSPS) is 16.5. The summed E-state index contributed by atoms with van der Waals surface area (Å²) in [6, 6.07) is 7.58. The lowest BCUT2D eigenvalue weighted by Crippen LogP contribution is -2.31. The Kier molecular flexibility index (Phi) is 8.25. The Morgan fingerprint density at radius 1 is 1.06 bits per heavy atom. The summed E-state index contributed by atoms with van der Waals surface area (Å²) in [4.78, 5) is 30.5. The number of fused-ring (bicyclic) bond motifs is 1. The highest BCUT2D eigenvalue weighted by Crippen LogP contribution is 2.37. The molecule has 0 aliphatic carbocycles. The van der Waals surface area contributed by atoms with Crippen molar-refractivity contribution in [2.24, 2.45) is 5.73 Å². The number of benzene rings is 1. The number of hydrogen-bond donors (Lipinski definition) is 3. The predicted molar refractivity (Wildman–Crippen MR) is 134 cm³/mol. The van der Waals surface area contributed by atoms with Crippen LogP contribution in [0.4, 0.5) is 9.80 Å². The molecule has 7 nitrogen and oxygen atoms in total. The number of hydrogen-bond acceptors (Lipinski definition) is 5. The minimum atomic E-state index is -0.487. The SMILES string of the molecule is NC(=O)c1c(NC(=O)NCCCCN2CCCC2)sc2c1CCN(Cc1ccc(Cl)cc1)C2. The van der Waals surface area contributed by atoms with Crippen molar-refractivity contribution in [3.05, 3.63) is 50.9 Å². The first kappa shape index (κ1) is 24.0. The molecule has 1 fully saturated rings. The van der Waals surface area contributed by atoms with E-state index in [9.17, 15) is 9.59 Å². The molecule has 2 aliphatic rings. The van der Waals surface area contributed by atoms with Crippen LogP contribution in [0.5, 0.6) is 0 Å². The van der Waals surface area contributed by atoms with E-state index in [0.29, 0.717) is 17.1 Å². The van der Waals surface area contributed by atoms with Crippen LogP contribution in [0, 0.1) is 0 Å². The van der Waals surface area contributed by atoms with E-state index in [2.05, 4.69) is 20.4 Å². The average molecular weight is 490 g/mol. The van der Waals surface area contributed by atoms with Gasteiger partial charge in [-0.1, -0.05) is 23.7 Å². The van der Waals surface area contributed by atoms with Gasteiger partial charge in [0.2, 0.25) is 0 Å². The fourth-order valence-electron chi connectivity index (χ4n) is 4.60. The maximum atomic E-state index is 12.5. The van der Waals surface area contributed by atoms with Crippen LogP contribution in [0.25, 0.3) is 0 Å². The molecule has 0 spiro atoms. The van der Waals surface area contributed by atoms with Crippen molar-refractivity contribution in [1.29, 1.82) is 0 Å². The lowest BCUT2D eigenvalue weighted by Gasteiger charge is -2.27. The number of urea groups is 1. The Balaban J connectivity index is 1.31. The number of anilines is 1. The van der Waals surface area contributed by atoms with Crippen LogP contribution in [0.1, 0.15) is 52.0 Å². The van der Waals surface area contributed by atoms with Gasteiger partial charge in [-0.3, -0.25) is 15.0 Å². The van der Waals surface area contributed by atoms with Crippen molar-refractivity contribution in [3.63, 3.8) is 0 Å². The Bertz CT molecular complexity index is 972. The molecule has 0 atom stereocenters. The van der Waals surface area contributed by atoms with Crippen molar-refractivity contribution < 1.29 is 9.59 Å². The van der Waals surface area contributed by atoms with Crippen LogP contribution < -0.4 is 16.4 Å². The highest BCUT2D eigenvalue weighted by Gasteiger charge is 2.27. The van der Waals surface area contributed by atoms with Crippen molar-refractivity contribution in [2.45, 2.75) is 45.2 Å². The first-order valence-corrected chi connectivity index (χ1v) is 12.9. The first-order chi connectivity index (χ1) is 16.0. The predicted octanol–water partition coefficient (Wildman–Crippen LogP) is 4.06. The topological polar surface area (TPSA) is 90.7 Å².